The lowest BCUT2D eigenvalue weighted by Gasteiger charge is -2.28. The van der Waals surface area contributed by atoms with Crippen molar-refractivity contribution in [3.63, 3.8) is 0 Å². The minimum absolute atomic E-state index is 0.0723. The van der Waals surface area contributed by atoms with Crippen LogP contribution in [0.15, 0.2) is 54.9 Å². The van der Waals surface area contributed by atoms with E-state index in [1.165, 1.54) is 0 Å². The Bertz CT molecular complexity index is 590. The maximum Gasteiger partial charge on any atom is 0.238 e. The molecule has 2 N–H and O–H groups in total. The maximum absolute atomic E-state index is 12.3. The summed E-state index contributed by atoms with van der Waals surface area (Å²) in [4.78, 5) is 18.3. The zero-order valence-electron chi connectivity index (χ0n) is 13.4. The number of aliphatic hydroxyl groups excluding tert-OH is 1. The monoisotopic (exact) mass is 313 g/mol. The number of anilines is 1. The predicted molar refractivity (Wildman–Crippen MR) is 90.9 cm³/mol. The number of rotatable bonds is 8. The van der Waals surface area contributed by atoms with Crippen molar-refractivity contribution >= 4 is 11.6 Å². The molecule has 1 atom stereocenters. The third-order valence-corrected chi connectivity index (χ3v) is 3.71. The van der Waals surface area contributed by atoms with Crippen molar-refractivity contribution in [2.24, 2.45) is 0 Å². The summed E-state index contributed by atoms with van der Waals surface area (Å²) in [6, 6.07) is 13.7. The highest BCUT2D eigenvalue weighted by Crippen LogP contribution is 2.11. The Balaban J connectivity index is 2.00. The molecule has 1 aromatic heterocycles. The summed E-state index contributed by atoms with van der Waals surface area (Å²) >= 11 is 0. The second-order valence-corrected chi connectivity index (χ2v) is 5.54. The molecule has 0 spiro atoms. The fourth-order valence-electron chi connectivity index (χ4n) is 2.38. The van der Waals surface area contributed by atoms with Crippen molar-refractivity contribution < 1.29 is 9.90 Å². The second kappa shape index (κ2) is 9.02. The summed E-state index contributed by atoms with van der Waals surface area (Å²) in [5.74, 6) is -0.0723. The Hall–Kier alpha value is -2.24. The molecular weight excluding hydrogens is 290 g/mol. The summed E-state index contributed by atoms with van der Waals surface area (Å²) < 4.78 is 0. The van der Waals surface area contributed by atoms with Gasteiger partial charge in [-0.05, 0) is 31.0 Å². The number of hydrogen-bond donors (Lipinski definition) is 2. The van der Waals surface area contributed by atoms with Gasteiger partial charge in [0.15, 0.2) is 0 Å². The summed E-state index contributed by atoms with van der Waals surface area (Å²) in [6.07, 6.45) is 3.92. The van der Waals surface area contributed by atoms with Crippen LogP contribution in [0.3, 0.4) is 0 Å². The van der Waals surface area contributed by atoms with Crippen molar-refractivity contribution in [1.29, 1.82) is 0 Å². The molecule has 5 nitrogen and oxygen atoms in total. The van der Waals surface area contributed by atoms with Gasteiger partial charge in [-0.3, -0.25) is 14.7 Å². The fraction of sp³-hybridized carbons (Fsp3) is 0.333. The van der Waals surface area contributed by atoms with Crippen molar-refractivity contribution in [2.45, 2.75) is 25.9 Å². The maximum atomic E-state index is 12.3. The Labute approximate surface area is 137 Å². The van der Waals surface area contributed by atoms with Crippen LogP contribution >= 0.6 is 0 Å². The van der Waals surface area contributed by atoms with Gasteiger partial charge in [0.05, 0.1) is 6.54 Å². The predicted octanol–water partition coefficient (Wildman–Crippen LogP) is 2.29. The first-order chi connectivity index (χ1) is 11.2. The fourth-order valence-corrected chi connectivity index (χ4v) is 2.38. The summed E-state index contributed by atoms with van der Waals surface area (Å²) in [5.41, 5.74) is 1.88. The van der Waals surface area contributed by atoms with Crippen LogP contribution in [0.4, 0.5) is 5.69 Å². The standard InChI is InChI=1S/C18H23N3O2/c1-15(9-12-22)21(13-16-5-3-2-4-6-16)14-18(23)20-17-7-10-19-11-8-17/h2-8,10-11,15,22H,9,12-14H2,1H3,(H,19,20,23). The van der Waals surface area contributed by atoms with Crippen molar-refractivity contribution in [2.75, 3.05) is 18.5 Å². The molecule has 5 heteroatoms. The number of carbonyl (C=O) groups excluding carboxylic acids is 1. The average molecular weight is 313 g/mol. The molecule has 1 aromatic carbocycles. The van der Waals surface area contributed by atoms with E-state index in [1.54, 1.807) is 24.5 Å². The minimum Gasteiger partial charge on any atom is -0.396 e. The summed E-state index contributed by atoms with van der Waals surface area (Å²) in [5, 5.41) is 12.1. The molecule has 0 radical (unpaired) electrons. The van der Waals surface area contributed by atoms with E-state index in [1.807, 2.05) is 37.3 Å². The van der Waals surface area contributed by atoms with Gasteiger partial charge in [-0.1, -0.05) is 30.3 Å². The van der Waals surface area contributed by atoms with Gasteiger partial charge in [-0.2, -0.15) is 0 Å². The van der Waals surface area contributed by atoms with Gasteiger partial charge in [-0.15, -0.1) is 0 Å². The van der Waals surface area contributed by atoms with E-state index < -0.39 is 0 Å². The Kier molecular flexibility index (Phi) is 6.72. The topological polar surface area (TPSA) is 65.5 Å². The lowest BCUT2D eigenvalue weighted by atomic mass is 10.1. The molecule has 1 unspecified atom stereocenters. The quantitative estimate of drug-likeness (QED) is 0.785. The van der Waals surface area contributed by atoms with Gasteiger partial charge in [0.2, 0.25) is 5.91 Å². The van der Waals surface area contributed by atoms with Gasteiger partial charge in [0.1, 0.15) is 0 Å². The van der Waals surface area contributed by atoms with Crippen molar-refractivity contribution in [3.05, 3.63) is 60.4 Å². The first-order valence-electron chi connectivity index (χ1n) is 7.77. The number of aromatic nitrogens is 1. The van der Waals surface area contributed by atoms with Crippen LogP contribution in [0.2, 0.25) is 0 Å². The zero-order chi connectivity index (χ0) is 16.5. The smallest absolute Gasteiger partial charge is 0.238 e. The van der Waals surface area contributed by atoms with E-state index in [0.717, 1.165) is 11.3 Å². The molecule has 2 aromatic rings. The third-order valence-electron chi connectivity index (χ3n) is 3.71. The Morgan fingerprint density at radius 1 is 1.22 bits per heavy atom. The van der Waals surface area contributed by atoms with Gasteiger partial charge in [0, 0.05) is 37.3 Å². The summed E-state index contributed by atoms with van der Waals surface area (Å²) in [6.45, 7) is 3.08. The molecule has 122 valence electrons. The Morgan fingerprint density at radius 3 is 2.57 bits per heavy atom. The van der Waals surface area contributed by atoms with E-state index in [0.29, 0.717) is 13.0 Å². The van der Waals surface area contributed by atoms with E-state index in [9.17, 15) is 9.90 Å². The van der Waals surface area contributed by atoms with Gasteiger partial charge >= 0.3 is 0 Å². The number of hydrogen-bond acceptors (Lipinski definition) is 4. The number of nitrogens with zero attached hydrogens (tertiary/aromatic N) is 2. The SMILES string of the molecule is CC(CCO)N(CC(=O)Nc1ccncc1)Cc1ccccc1. The second-order valence-electron chi connectivity index (χ2n) is 5.54. The lowest BCUT2D eigenvalue weighted by molar-refractivity contribution is -0.118. The molecule has 0 aliphatic carbocycles. The number of benzene rings is 1. The number of carbonyl (C=O) groups is 1. The average Bonchev–Trinajstić information content (AvgIpc) is 2.56. The largest absolute Gasteiger partial charge is 0.396 e. The van der Waals surface area contributed by atoms with Crippen LogP contribution in [0.5, 0.6) is 0 Å². The number of nitrogens with one attached hydrogen (secondary N) is 1. The highest BCUT2D eigenvalue weighted by molar-refractivity contribution is 5.92. The zero-order valence-corrected chi connectivity index (χ0v) is 13.4. The van der Waals surface area contributed by atoms with E-state index >= 15 is 0 Å². The van der Waals surface area contributed by atoms with E-state index in [2.05, 4.69) is 15.2 Å². The molecule has 0 aliphatic heterocycles. The molecule has 0 saturated heterocycles. The molecular formula is C18H23N3O2. The van der Waals surface area contributed by atoms with E-state index in [4.69, 9.17) is 0 Å². The normalized spacial score (nSPS) is 12.1. The molecule has 0 saturated carbocycles. The van der Waals surface area contributed by atoms with Crippen LogP contribution in [0, 0.1) is 0 Å². The van der Waals surface area contributed by atoms with Crippen LogP contribution in [0.1, 0.15) is 18.9 Å². The number of pyridine rings is 1. The Morgan fingerprint density at radius 2 is 1.91 bits per heavy atom. The van der Waals surface area contributed by atoms with Crippen LogP contribution < -0.4 is 5.32 Å². The van der Waals surface area contributed by atoms with Crippen LogP contribution in [0.25, 0.3) is 0 Å². The van der Waals surface area contributed by atoms with Gasteiger partial charge in [0.25, 0.3) is 0 Å². The first-order valence-corrected chi connectivity index (χ1v) is 7.77. The highest BCUT2D eigenvalue weighted by atomic mass is 16.3. The molecule has 0 fully saturated rings. The lowest BCUT2D eigenvalue weighted by Crippen LogP contribution is -2.39. The molecule has 2 rings (SSSR count). The third kappa shape index (κ3) is 5.81. The van der Waals surface area contributed by atoms with Crippen LogP contribution in [-0.4, -0.2) is 40.1 Å². The highest BCUT2D eigenvalue weighted by Gasteiger charge is 2.17. The van der Waals surface area contributed by atoms with Crippen molar-refractivity contribution in [3.8, 4) is 0 Å². The molecule has 0 aliphatic rings. The molecule has 23 heavy (non-hydrogen) atoms. The molecule has 1 heterocycles. The number of amides is 1. The van der Waals surface area contributed by atoms with Crippen LogP contribution in [-0.2, 0) is 11.3 Å². The van der Waals surface area contributed by atoms with Gasteiger partial charge < -0.3 is 10.4 Å². The van der Waals surface area contributed by atoms with Crippen molar-refractivity contribution in [1.82, 2.24) is 9.88 Å². The molecule has 0 bridgehead atoms. The number of aliphatic hydroxyl groups is 1. The van der Waals surface area contributed by atoms with E-state index in [-0.39, 0.29) is 25.1 Å². The minimum atomic E-state index is -0.0723. The van der Waals surface area contributed by atoms with Gasteiger partial charge in [-0.25, -0.2) is 0 Å². The summed E-state index contributed by atoms with van der Waals surface area (Å²) in [7, 11) is 0. The first kappa shape index (κ1) is 17.1. The molecule has 1 amide bonds.